The van der Waals surface area contributed by atoms with Crippen LogP contribution in [-0.2, 0) is 19.2 Å². The molecule has 2 saturated heterocycles. The highest BCUT2D eigenvalue weighted by molar-refractivity contribution is 6.30. The molecule has 174 valence electrons. The summed E-state index contributed by atoms with van der Waals surface area (Å²) in [5, 5.41) is 0.572. The number of imide groups is 1. The lowest BCUT2D eigenvalue weighted by Gasteiger charge is -2.19. The largest absolute Gasteiger partial charge is 0.426 e. The fourth-order valence-corrected chi connectivity index (χ4v) is 6.39. The maximum absolute atomic E-state index is 13.0. The maximum Gasteiger partial charge on any atom is 0.316 e. The van der Waals surface area contributed by atoms with Gasteiger partial charge in [0.15, 0.2) is 0 Å². The van der Waals surface area contributed by atoms with E-state index >= 15 is 0 Å². The number of nitrogens with zero attached hydrogens (tertiary/aromatic N) is 2. The Labute approximate surface area is 201 Å². The van der Waals surface area contributed by atoms with Crippen LogP contribution in [-0.4, -0.2) is 30.2 Å². The van der Waals surface area contributed by atoms with Crippen molar-refractivity contribution in [1.29, 1.82) is 0 Å². The average molecular weight is 479 g/mol. The number of carbonyl (C=O) groups excluding carboxylic acids is 4. The topological polar surface area (TPSA) is 84.0 Å². The Bertz CT molecular complexity index is 1170. The van der Waals surface area contributed by atoms with Crippen LogP contribution in [0.25, 0.3) is 0 Å². The van der Waals surface area contributed by atoms with Crippen molar-refractivity contribution < 1.29 is 23.9 Å². The Morgan fingerprint density at radius 1 is 0.853 bits per heavy atom. The van der Waals surface area contributed by atoms with Gasteiger partial charge < -0.3 is 9.64 Å². The van der Waals surface area contributed by atoms with Crippen molar-refractivity contribution in [2.75, 3.05) is 16.3 Å². The smallest absolute Gasteiger partial charge is 0.316 e. The minimum absolute atomic E-state index is 0.0709. The van der Waals surface area contributed by atoms with Gasteiger partial charge in [0.05, 0.1) is 23.4 Å². The van der Waals surface area contributed by atoms with E-state index in [0.717, 1.165) is 19.3 Å². The molecule has 6 rings (SSSR count). The van der Waals surface area contributed by atoms with Gasteiger partial charge in [-0.15, -0.1) is 0 Å². The number of anilines is 2. The van der Waals surface area contributed by atoms with Crippen molar-refractivity contribution in [2.45, 2.75) is 25.7 Å². The van der Waals surface area contributed by atoms with Gasteiger partial charge in [0.25, 0.3) is 0 Å². The van der Waals surface area contributed by atoms with Crippen molar-refractivity contribution in [3.8, 4) is 5.75 Å². The fraction of sp³-hybridized carbons (Fsp3) is 0.385. The van der Waals surface area contributed by atoms with Gasteiger partial charge in [0, 0.05) is 23.7 Å². The predicted molar refractivity (Wildman–Crippen MR) is 124 cm³/mol. The second kappa shape index (κ2) is 7.94. The van der Waals surface area contributed by atoms with E-state index in [1.807, 2.05) is 0 Å². The Morgan fingerprint density at radius 3 is 2.06 bits per heavy atom. The molecule has 2 saturated carbocycles. The third kappa shape index (κ3) is 3.33. The summed E-state index contributed by atoms with van der Waals surface area (Å²) in [4.78, 5) is 54.0. The van der Waals surface area contributed by atoms with Crippen molar-refractivity contribution in [2.24, 2.45) is 29.6 Å². The molecule has 34 heavy (non-hydrogen) atoms. The van der Waals surface area contributed by atoms with Crippen LogP contribution in [0.15, 0.2) is 48.5 Å². The molecular formula is C26H23ClN2O5. The highest BCUT2D eigenvalue weighted by Gasteiger charge is 2.61. The highest BCUT2D eigenvalue weighted by Crippen LogP contribution is 2.56. The van der Waals surface area contributed by atoms with Crippen LogP contribution in [0.5, 0.6) is 5.75 Å². The number of fused-ring (bicyclic) bond motifs is 5. The molecular weight excluding hydrogens is 456 g/mol. The molecule has 0 aromatic heterocycles. The standard InChI is InChI=1S/C26H23ClN2O5/c27-17-3-5-18(6-4-17)28-13-16(12-21(28)30)26(33)34-20-9-7-19(8-10-20)29-24(31)22-14-1-2-15(11-14)23(22)25(29)32/h3-10,14-16,22-23H,1-2,11-13H2/t14-,15-,16+,22+,23+/m0/s1. The second-order valence-electron chi connectivity index (χ2n) is 9.69. The van der Waals surface area contributed by atoms with Crippen LogP contribution < -0.4 is 14.5 Å². The summed E-state index contributed by atoms with van der Waals surface area (Å²) < 4.78 is 5.51. The van der Waals surface area contributed by atoms with Crippen LogP contribution in [0.2, 0.25) is 5.02 Å². The van der Waals surface area contributed by atoms with Gasteiger partial charge in [-0.25, -0.2) is 0 Å². The molecule has 2 bridgehead atoms. The van der Waals surface area contributed by atoms with Crippen LogP contribution in [0, 0.1) is 29.6 Å². The number of hydrogen-bond donors (Lipinski definition) is 0. The summed E-state index contributed by atoms with van der Waals surface area (Å²) in [5.74, 6) is -0.791. The molecule has 2 aliphatic carbocycles. The van der Waals surface area contributed by atoms with Crippen molar-refractivity contribution in [3.63, 3.8) is 0 Å². The van der Waals surface area contributed by atoms with Gasteiger partial charge in [-0.1, -0.05) is 11.6 Å². The Hall–Kier alpha value is -3.19. The molecule has 0 radical (unpaired) electrons. The SMILES string of the molecule is O=C(Oc1ccc(N2C(=O)[C@@H]3[C@H]4CC[C@@H](C4)[C@H]3C2=O)cc1)[C@@H]1CC(=O)N(c2ccc(Cl)cc2)C1. The first-order valence-corrected chi connectivity index (χ1v) is 12.0. The van der Waals surface area contributed by atoms with Crippen molar-refractivity contribution >= 4 is 46.7 Å². The van der Waals surface area contributed by atoms with Gasteiger partial charge in [-0.3, -0.25) is 24.1 Å². The molecule has 0 unspecified atom stereocenters. The number of rotatable bonds is 4. The summed E-state index contributed by atoms with van der Waals surface area (Å²) in [5.41, 5.74) is 1.20. The Kier molecular flexibility index (Phi) is 4.99. The summed E-state index contributed by atoms with van der Waals surface area (Å²) in [7, 11) is 0. The quantitative estimate of drug-likeness (QED) is 0.379. The molecule has 2 aliphatic heterocycles. The maximum atomic E-state index is 13.0. The molecule has 0 spiro atoms. The van der Waals surface area contributed by atoms with Gasteiger partial charge in [-0.05, 0) is 79.6 Å². The molecule has 4 aliphatic rings. The molecule has 2 aromatic carbocycles. The van der Waals surface area contributed by atoms with E-state index in [1.54, 1.807) is 53.4 Å². The summed E-state index contributed by atoms with van der Waals surface area (Å²) >= 11 is 5.91. The average Bonchev–Trinajstić information content (AvgIpc) is 3.59. The van der Waals surface area contributed by atoms with E-state index < -0.39 is 11.9 Å². The van der Waals surface area contributed by atoms with E-state index in [-0.39, 0.29) is 42.5 Å². The van der Waals surface area contributed by atoms with Crippen LogP contribution in [0.3, 0.4) is 0 Å². The van der Waals surface area contributed by atoms with E-state index in [0.29, 0.717) is 34.0 Å². The summed E-state index contributed by atoms with van der Waals surface area (Å²) in [6, 6.07) is 13.3. The lowest BCUT2D eigenvalue weighted by Crippen LogP contribution is -2.32. The first-order valence-electron chi connectivity index (χ1n) is 11.7. The Morgan fingerprint density at radius 2 is 1.44 bits per heavy atom. The van der Waals surface area contributed by atoms with Crippen LogP contribution in [0.1, 0.15) is 25.7 Å². The highest BCUT2D eigenvalue weighted by atomic mass is 35.5. The zero-order valence-electron chi connectivity index (χ0n) is 18.4. The summed E-state index contributed by atoms with van der Waals surface area (Å²) in [6.07, 6.45) is 3.13. The van der Waals surface area contributed by atoms with E-state index in [4.69, 9.17) is 16.3 Å². The molecule has 7 nitrogen and oxygen atoms in total. The number of ether oxygens (including phenoxy) is 1. The van der Waals surface area contributed by atoms with Gasteiger partial charge in [0.1, 0.15) is 5.75 Å². The number of hydrogen-bond acceptors (Lipinski definition) is 5. The van der Waals surface area contributed by atoms with Gasteiger partial charge in [-0.2, -0.15) is 0 Å². The molecule has 0 N–H and O–H groups in total. The van der Waals surface area contributed by atoms with E-state index in [9.17, 15) is 19.2 Å². The van der Waals surface area contributed by atoms with E-state index in [1.165, 1.54) is 4.90 Å². The lowest BCUT2D eigenvalue weighted by molar-refractivity contribution is -0.139. The number of carbonyl (C=O) groups is 4. The first-order chi connectivity index (χ1) is 16.4. The second-order valence-corrected chi connectivity index (χ2v) is 10.1. The first kappa shape index (κ1) is 21.4. The van der Waals surface area contributed by atoms with Crippen LogP contribution >= 0.6 is 11.6 Å². The molecule has 2 aromatic rings. The molecule has 4 fully saturated rings. The zero-order chi connectivity index (χ0) is 23.6. The normalized spacial score (nSPS) is 29.8. The van der Waals surface area contributed by atoms with Gasteiger partial charge in [0.2, 0.25) is 17.7 Å². The van der Waals surface area contributed by atoms with Crippen molar-refractivity contribution in [1.82, 2.24) is 0 Å². The molecule has 8 heteroatoms. The fourth-order valence-electron chi connectivity index (χ4n) is 6.26. The minimum atomic E-state index is -0.584. The number of esters is 1. The predicted octanol–water partition coefficient (Wildman–Crippen LogP) is 3.83. The zero-order valence-corrected chi connectivity index (χ0v) is 19.1. The number of amides is 3. The number of halogens is 1. The Balaban J connectivity index is 1.12. The van der Waals surface area contributed by atoms with E-state index in [2.05, 4.69) is 0 Å². The van der Waals surface area contributed by atoms with Gasteiger partial charge >= 0.3 is 5.97 Å². The number of benzene rings is 2. The molecule has 5 atom stereocenters. The minimum Gasteiger partial charge on any atom is -0.426 e. The molecule has 2 heterocycles. The molecule has 3 amide bonds. The monoisotopic (exact) mass is 478 g/mol. The summed E-state index contributed by atoms with van der Waals surface area (Å²) in [6.45, 7) is 0.235. The third-order valence-corrected chi connectivity index (χ3v) is 8.09. The lowest BCUT2D eigenvalue weighted by atomic mass is 9.81. The van der Waals surface area contributed by atoms with Crippen molar-refractivity contribution in [3.05, 3.63) is 53.6 Å². The van der Waals surface area contributed by atoms with Crippen LogP contribution in [0.4, 0.5) is 11.4 Å². The third-order valence-electron chi connectivity index (χ3n) is 7.84.